The summed E-state index contributed by atoms with van der Waals surface area (Å²) in [5.74, 6) is 0.336. The Kier molecular flexibility index (Phi) is 5.51. The number of piperazine rings is 1. The van der Waals surface area contributed by atoms with E-state index in [1.807, 2.05) is 47.1 Å². The number of benzene rings is 1. The van der Waals surface area contributed by atoms with Gasteiger partial charge in [0.2, 0.25) is 5.91 Å². The zero-order valence-corrected chi connectivity index (χ0v) is 14.5. The van der Waals surface area contributed by atoms with Gasteiger partial charge in [0.15, 0.2) is 0 Å². The molecule has 2 aliphatic heterocycles. The molecule has 2 heterocycles. The molecule has 1 aromatic rings. The predicted molar refractivity (Wildman–Crippen MR) is 93.8 cm³/mol. The van der Waals surface area contributed by atoms with Crippen molar-refractivity contribution in [2.24, 2.45) is 0 Å². The first kappa shape index (κ1) is 17.0. The van der Waals surface area contributed by atoms with Crippen molar-refractivity contribution < 1.29 is 9.59 Å². The summed E-state index contributed by atoms with van der Waals surface area (Å²) in [6.07, 6.45) is 3.48. The van der Waals surface area contributed by atoms with Gasteiger partial charge in [-0.2, -0.15) is 0 Å². The molecule has 0 saturated carbocycles. The van der Waals surface area contributed by atoms with Gasteiger partial charge in [-0.3, -0.25) is 14.5 Å². The van der Waals surface area contributed by atoms with Gasteiger partial charge in [-0.15, -0.1) is 0 Å². The van der Waals surface area contributed by atoms with Crippen LogP contribution in [0.5, 0.6) is 0 Å². The minimum Gasteiger partial charge on any atom is -0.341 e. The van der Waals surface area contributed by atoms with Crippen molar-refractivity contribution in [3.05, 3.63) is 35.9 Å². The molecule has 2 aliphatic rings. The average Bonchev–Trinajstić information content (AvgIpc) is 2.68. The highest BCUT2D eigenvalue weighted by Gasteiger charge is 2.30. The van der Waals surface area contributed by atoms with Crippen molar-refractivity contribution in [2.45, 2.75) is 32.2 Å². The van der Waals surface area contributed by atoms with E-state index in [0.29, 0.717) is 13.1 Å². The van der Waals surface area contributed by atoms with Crippen LogP contribution >= 0.6 is 0 Å². The number of piperidine rings is 1. The van der Waals surface area contributed by atoms with Gasteiger partial charge in [-0.05, 0) is 38.3 Å². The topological polar surface area (TPSA) is 43.9 Å². The molecule has 5 heteroatoms. The van der Waals surface area contributed by atoms with Gasteiger partial charge in [0.05, 0.1) is 6.04 Å². The van der Waals surface area contributed by atoms with Crippen LogP contribution in [0.3, 0.4) is 0 Å². The molecule has 3 rings (SSSR count). The van der Waals surface area contributed by atoms with E-state index in [4.69, 9.17) is 0 Å². The molecule has 0 aliphatic carbocycles. The van der Waals surface area contributed by atoms with Crippen LogP contribution in [0, 0.1) is 0 Å². The van der Waals surface area contributed by atoms with Gasteiger partial charge in [0.25, 0.3) is 5.91 Å². The number of rotatable bonds is 3. The Morgan fingerprint density at radius 1 is 0.833 bits per heavy atom. The molecule has 0 bridgehead atoms. The highest BCUT2D eigenvalue weighted by atomic mass is 16.2. The normalized spacial score (nSPS) is 20.7. The van der Waals surface area contributed by atoms with Crippen LogP contribution in [0.2, 0.25) is 0 Å². The molecule has 5 nitrogen and oxygen atoms in total. The quantitative estimate of drug-likeness (QED) is 0.850. The second-order valence-corrected chi connectivity index (χ2v) is 6.76. The van der Waals surface area contributed by atoms with Crippen molar-refractivity contribution in [3.8, 4) is 0 Å². The second kappa shape index (κ2) is 7.79. The number of amides is 2. The number of hydrogen-bond donors (Lipinski definition) is 0. The van der Waals surface area contributed by atoms with Gasteiger partial charge in [-0.1, -0.05) is 18.2 Å². The third-order valence-electron chi connectivity index (χ3n) is 5.20. The van der Waals surface area contributed by atoms with Crippen LogP contribution in [0.4, 0.5) is 0 Å². The molecule has 0 aromatic heterocycles. The lowest BCUT2D eigenvalue weighted by molar-refractivity contribution is -0.137. The molecular weight excluding hydrogens is 302 g/mol. The highest BCUT2D eigenvalue weighted by Crippen LogP contribution is 2.15. The summed E-state index contributed by atoms with van der Waals surface area (Å²) in [4.78, 5) is 31.2. The standard InChI is InChI=1S/C19H27N3O2/c1-16(18(23)21-10-6-3-7-11-21)20-12-14-22(15-13-20)19(24)17-8-4-2-5-9-17/h2,4-5,8-9,16H,3,6-7,10-15H2,1H3/t16-/m1/s1. The highest BCUT2D eigenvalue weighted by molar-refractivity contribution is 5.94. The van der Waals surface area contributed by atoms with Crippen molar-refractivity contribution >= 4 is 11.8 Å². The fourth-order valence-corrected chi connectivity index (χ4v) is 3.61. The molecule has 2 saturated heterocycles. The van der Waals surface area contributed by atoms with Crippen LogP contribution in [0.25, 0.3) is 0 Å². The van der Waals surface area contributed by atoms with Crippen LogP contribution < -0.4 is 0 Å². The summed E-state index contributed by atoms with van der Waals surface area (Å²) in [6.45, 7) is 6.70. The van der Waals surface area contributed by atoms with Crippen LogP contribution in [0.15, 0.2) is 30.3 Å². The molecule has 0 radical (unpaired) electrons. The van der Waals surface area contributed by atoms with Gasteiger partial charge >= 0.3 is 0 Å². The van der Waals surface area contributed by atoms with Crippen molar-refractivity contribution in [1.29, 1.82) is 0 Å². The fourth-order valence-electron chi connectivity index (χ4n) is 3.61. The van der Waals surface area contributed by atoms with Gasteiger partial charge in [-0.25, -0.2) is 0 Å². The lowest BCUT2D eigenvalue weighted by Crippen LogP contribution is -2.56. The molecule has 2 amide bonds. The summed E-state index contributed by atoms with van der Waals surface area (Å²) in [7, 11) is 0. The Labute approximate surface area is 144 Å². The van der Waals surface area contributed by atoms with Crippen molar-refractivity contribution in [3.63, 3.8) is 0 Å². The Balaban J connectivity index is 1.52. The van der Waals surface area contributed by atoms with E-state index in [9.17, 15) is 9.59 Å². The number of hydrogen-bond acceptors (Lipinski definition) is 3. The predicted octanol–water partition coefficient (Wildman–Crippen LogP) is 1.85. The summed E-state index contributed by atoms with van der Waals surface area (Å²) in [5, 5.41) is 0. The average molecular weight is 329 g/mol. The Bertz CT molecular complexity index is 561. The zero-order chi connectivity index (χ0) is 16.9. The maximum Gasteiger partial charge on any atom is 0.253 e. The van der Waals surface area contributed by atoms with Crippen molar-refractivity contribution in [2.75, 3.05) is 39.3 Å². The Morgan fingerprint density at radius 2 is 1.46 bits per heavy atom. The Morgan fingerprint density at radius 3 is 2.08 bits per heavy atom. The third-order valence-corrected chi connectivity index (χ3v) is 5.20. The first-order valence-electron chi connectivity index (χ1n) is 9.04. The first-order chi connectivity index (χ1) is 11.7. The molecule has 1 aromatic carbocycles. The maximum atomic E-state index is 12.6. The molecule has 24 heavy (non-hydrogen) atoms. The van der Waals surface area contributed by atoms with Gasteiger partial charge in [0.1, 0.15) is 0 Å². The summed E-state index contributed by atoms with van der Waals surface area (Å²) in [6, 6.07) is 9.33. The van der Waals surface area contributed by atoms with E-state index in [1.54, 1.807) is 0 Å². The summed E-state index contributed by atoms with van der Waals surface area (Å²) in [5.41, 5.74) is 0.739. The molecule has 130 valence electrons. The number of carbonyl (C=O) groups is 2. The van der Waals surface area contributed by atoms with E-state index in [1.165, 1.54) is 6.42 Å². The molecule has 0 unspecified atom stereocenters. The number of likely N-dealkylation sites (tertiary alicyclic amines) is 1. The van der Waals surface area contributed by atoms with E-state index >= 15 is 0 Å². The number of carbonyl (C=O) groups excluding carboxylic acids is 2. The van der Waals surface area contributed by atoms with Crippen LogP contribution in [0.1, 0.15) is 36.5 Å². The number of nitrogens with zero attached hydrogens (tertiary/aromatic N) is 3. The van der Waals surface area contributed by atoms with Crippen molar-refractivity contribution in [1.82, 2.24) is 14.7 Å². The van der Waals surface area contributed by atoms with Gasteiger partial charge in [0, 0.05) is 44.8 Å². The fraction of sp³-hybridized carbons (Fsp3) is 0.579. The Hall–Kier alpha value is -1.88. The summed E-state index contributed by atoms with van der Waals surface area (Å²) < 4.78 is 0. The maximum absolute atomic E-state index is 12.6. The molecule has 1 atom stereocenters. The van der Waals surface area contributed by atoms with Gasteiger partial charge < -0.3 is 9.80 Å². The molecular formula is C19H27N3O2. The summed E-state index contributed by atoms with van der Waals surface area (Å²) >= 11 is 0. The van der Waals surface area contributed by atoms with Crippen LogP contribution in [-0.4, -0.2) is 71.8 Å². The van der Waals surface area contributed by atoms with Crippen LogP contribution in [-0.2, 0) is 4.79 Å². The lowest BCUT2D eigenvalue weighted by Gasteiger charge is -2.39. The van der Waals surface area contributed by atoms with E-state index < -0.39 is 0 Å². The van der Waals surface area contributed by atoms with E-state index in [0.717, 1.165) is 44.6 Å². The molecule has 0 N–H and O–H groups in total. The SMILES string of the molecule is C[C@H](C(=O)N1CCCCC1)N1CCN(C(=O)c2ccccc2)CC1. The lowest BCUT2D eigenvalue weighted by atomic mass is 10.1. The smallest absolute Gasteiger partial charge is 0.253 e. The zero-order valence-electron chi connectivity index (χ0n) is 14.5. The third kappa shape index (κ3) is 3.78. The minimum absolute atomic E-state index is 0.0860. The van der Waals surface area contributed by atoms with E-state index in [2.05, 4.69) is 4.90 Å². The second-order valence-electron chi connectivity index (χ2n) is 6.76. The molecule has 0 spiro atoms. The monoisotopic (exact) mass is 329 g/mol. The minimum atomic E-state index is -0.0860. The first-order valence-corrected chi connectivity index (χ1v) is 9.04. The largest absolute Gasteiger partial charge is 0.341 e. The van der Waals surface area contributed by atoms with E-state index in [-0.39, 0.29) is 17.9 Å². The molecule has 2 fully saturated rings.